The van der Waals surface area contributed by atoms with Crippen LogP contribution in [0.25, 0.3) is 0 Å². The summed E-state index contributed by atoms with van der Waals surface area (Å²) in [5, 5.41) is 0.987. The third-order valence-corrected chi connectivity index (χ3v) is 2.16. The SMILES string of the molecule is CC(C)(C)Oc1ccc([P-]C=O)cc1.[Li+]. The Kier molecular flexibility index (Phi) is 6.21. The van der Waals surface area contributed by atoms with Crippen LogP contribution in [0, 0.1) is 0 Å². The first-order valence-corrected chi connectivity index (χ1v) is 5.41. The molecule has 0 atom stereocenters. The molecule has 0 spiro atoms. The van der Waals surface area contributed by atoms with Gasteiger partial charge in [0.05, 0.1) is 0 Å². The molecule has 0 aromatic heterocycles. The molecule has 0 radical (unpaired) electrons. The molecule has 0 unspecified atom stereocenters. The minimum Gasteiger partial charge on any atom is -0.488 e. The zero-order valence-corrected chi connectivity index (χ0v) is 10.5. The molecule has 76 valence electrons. The number of carbonyl (C=O) groups is 1. The van der Waals surface area contributed by atoms with Crippen LogP contribution in [0.5, 0.6) is 5.75 Å². The first-order chi connectivity index (χ1) is 6.51. The van der Waals surface area contributed by atoms with Crippen molar-refractivity contribution in [2.45, 2.75) is 26.4 Å². The fourth-order valence-electron chi connectivity index (χ4n) is 1.01. The number of carbonyl (C=O) groups excluding carboxylic acids is 1. The Morgan fingerprint density at radius 2 is 1.73 bits per heavy atom. The summed E-state index contributed by atoms with van der Waals surface area (Å²) in [6, 6.07) is 8.45. The summed E-state index contributed by atoms with van der Waals surface area (Å²) >= 11 is 0. The maximum absolute atomic E-state index is 10.2. The second-order valence-electron chi connectivity index (χ2n) is 3.94. The van der Waals surface area contributed by atoms with Crippen LogP contribution in [-0.2, 0) is 4.79 Å². The third kappa shape index (κ3) is 6.00. The van der Waals surface area contributed by atoms with Gasteiger partial charge in [-0.15, -0.1) is 0 Å². The molecular formula is C11H14LiO2P. The van der Waals surface area contributed by atoms with Gasteiger partial charge in [-0.1, -0.05) is 12.1 Å². The molecule has 0 aliphatic heterocycles. The van der Waals surface area contributed by atoms with E-state index in [1.807, 2.05) is 45.0 Å². The van der Waals surface area contributed by atoms with Crippen molar-refractivity contribution in [1.29, 1.82) is 0 Å². The maximum Gasteiger partial charge on any atom is 1.00 e. The van der Waals surface area contributed by atoms with E-state index in [-0.39, 0.29) is 24.5 Å². The van der Waals surface area contributed by atoms with E-state index < -0.39 is 0 Å². The van der Waals surface area contributed by atoms with E-state index in [9.17, 15) is 4.79 Å². The molecule has 2 nitrogen and oxygen atoms in total. The van der Waals surface area contributed by atoms with E-state index in [0.717, 1.165) is 17.1 Å². The Balaban J connectivity index is 0.00000196. The van der Waals surface area contributed by atoms with Gasteiger partial charge >= 0.3 is 18.9 Å². The largest absolute Gasteiger partial charge is 1.00 e. The summed E-state index contributed by atoms with van der Waals surface area (Å²) in [5.74, 6) is 0.836. The van der Waals surface area contributed by atoms with Crippen LogP contribution in [0.15, 0.2) is 24.3 Å². The van der Waals surface area contributed by atoms with Crippen molar-refractivity contribution in [3.8, 4) is 5.75 Å². The van der Waals surface area contributed by atoms with Crippen molar-refractivity contribution in [1.82, 2.24) is 0 Å². The van der Waals surface area contributed by atoms with Gasteiger partial charge in [-0.05, 0) is 38.9 Å². The van der Waals surface area contributed by atoms with Crippen molar-refractivity contribution in [3.05, 3.63) is 24.3 Å². The predicted molar refractivity (Wildman–Crippen MR) is 60.1 cm³/mol. The summed E-state index contributed by atoms with van der Waals surface area (Å²) in [7, 11) is 0.701. The smallest absolute Gasteiger partial charge is 0.488 e. The number of hydrogen-bond acceptors (Lipinski definition) is 2. The number of ether oxygens (including phenoxy) is 1. The average molecular weight is 216 g/mol. The molecule has 0 bridgehead atoms. The Morgan fingerprint density at radius 1 is 1.20 bits per heavy atom. The van der Waals surface area contributed by atoms with Gasteiger partial charge in [0.1, 0.15) is 11.4 Å². The molecule has 0 fully saturated rings. The van der Waals surface area contributed by atoms with Crippen LogP contribution in [0.3, 0.4) is 0 Å². The van der Waals surface area contributed by atoms with Crippen LogP contribution >= 0.6 is 8.58 Å². The molecule has 0 saturated carbocycles. The molecule has 0 aliphatic rings. The number of benzene rings is 1. The van der Waals surface area contributed by atoms with Crippen LogP contribution in [0.1, 0.15) is 20.8 Å². The fourth-order valence-corrected chi connectivity index (χ4v) is 1.46. The zero-order valence-electron chi connectivity index (χ0n) is 9.65. The summed E-state index contributed by atoms with van der Waals surface area (Å²) < 4.78 is 5.64. The van der Waals surface area contributed by atoms with Crippen LogP contribution in [0.4, 0.5) is 0 Å². The number of hydrogen-bond donors (Lipinski definition) is 0. The maximum atomic E-state index is 10.2. The van der Waals surface area contributed by atoms with E-state index >= 15 is 0 Å². The van der Waals surface area contributed by atoms with Gasteiger partial charge in [0.2, 0.25) is 0 Å². The van der Waals surface area contributed by atoms with Crippen molar-refractivity contribution in [2.24, 2.45) is 0 Å². The minimum atomic E-state index is -0.177. The van der Waals surface area contributed by atoms with Gasteiger partial charge in [0.25, 0.3) is 0 Å². The van der Waals surface area contributed by atoms with Gasteiger partial charge < -0.3 is 18.1 Å². The summed E-state index contributed by atoms with van der Waals surface area (Å²) in [4.78, 5) is 10.2. The molecule has 15 heavy (non-hydrogen) atoms. The molecule has 0 heterocycles. The molecule has 4 heteroatoms. The fraction of sp³-hybridized carbons (Fsp3) is 0.364. The molecule has 0 N–H and O–H groups in total. The van der Waals surface area contributed by atoms with Gasteiger partial charge in [0, 0.05) is 0 Å². The first-order valence-electron chi connectivity index (χ1n) is 4.45. The molecule has 1 aromatic carbocycles. The quantitative estimate of drug-likeness (QED) is 0.391. The van der Waals surface area contributed by atoms with Crippen LogP contribution < -0.4 is 28.9 Å². The molecule has 0 saturated heterocycles. The molecule has 1 rings (SSSR count). The van der Waals surface area contributed by atoms with Gasteiger partial charge in [0.15, 0.2) is 0 Å². The van der Waals surface area contributed by atoms with Gasteiger partial charge in [-0.25, -0.2) is 0 Å². The van der Waals surface area contributed by atoms with Crippen molar-refractivity contribution in [2.75, 3.05) is 0 Å². The molecule has 0 amide bonds. The van der Waals surface area contributed by atoms with E-state index in [1.165, 1.54) is 0 Å². The van der Waals surface area contributed by atoms with Crippen LogP contribution in [-0.4, -0.2) is 11.6 Å². The molecule has 1 aromatic rings. The van der Waals surface area contributed by atoms with Gasteiger partial charge in [-0.3, -0.25) is 0 Å². The summed E-state index contributed by atoms with van der Waals surface area (Å²) in [6.45, 7) is 6.01. The molecular weight excluding hydrogens is 202 g/mol. The Bertz CT molecular complexity index is 303. The Hall–Kier alpha value is -0.283. The topological polar surface area (TPSA) is 26.3 Å². The van der Waals surface area contributed by atoms with E-state index in [4.69, 9.17) is 4.74 Å². The Labute approximate surface area is 105 Å². The monoisotopic (exact) mass is 216 g/mol. The zero-order chi connectivity index (χ0) is 10.6. The van der Waals surface area contributed by atoms with Crippen molar-refractivity contribution >= 4 is 19.9 Å². The van der Waals surface area contributed by atoms with E-state index in [1.54, 1.807) is 0 Å². The van der Waals surface area contributed by atoms with Crippen LogP contribution in [0.2, 0.25) is 0 Å². The Morgan fingerprint density at radius 3 is 2.13 bits per heavy atom. The standard InChI is InChI=1S/C11H14O2P.Li/c1-11(2,3)13-9-4-6-10(7-5-9)14-8-12;/h4-8H,1-3H3;/q-1;+1. The molecule has 0 aliphatic carbocycles. The van der Waals surface area contributed by atoms with Crippen molar-refractivity contribution in [3.63, 3.8) is 0 Å². The first kappa shape index (κ1) is 14.7. The normalized spacial score (nSPS) is 11.1. The summed E-state index contributed by atoms with van der Waals surface area (Å²) in [6.07, 6.45) is 0. The average Bonchev–Trinajstić information content (AvgIpc) is 2.06. The van der Waals surface area contributed by atoms with Crippen molar-refractivity contribution < 1.29 is 28.4 Å². The van der Waals surface area contributed by atoms with E-state index in [0.29, 0.717) is 8.58 Å². The number of rotatable bonds is 3. The van der Waals surface area contributed by atoms with E-state index in [2.05, 4.69) is 0 Å². The second-order valence-corrected chi connectivity index (χ2v) is 4.93. The van der Waals surface area contributed by atoms with Gasteiger partial charge in [-0.2, -0.15) is 5.30 Å². The third-order valence-electron chi connectivity index (χ3n) is 1.46. The predicted octanol–water partition coefficient (Wildman–Crippen LogP) is -0.370. The summed E-state index contributed by atoms with van der Waals surface area (Å²) in [5.41, 5.74) is -0.177. The second kappa shape index (κ2) is 6.33. The minimum absolute atomic E-state index is 0.